The quantitative estimate of drug-likeness (QED) is 0.785. The van der Waals surface area contributed by atoms with E-state index in [9.17, 15) is 23.1 Å². The largest absolute Gasteiger partial charge is 0.455 e. The highest BCUT2D eigenvalue weighted by atomic mass is 35.5. The molecular weight excluding hydrogens is 261 g/mol. The first kappa shape index (κ1) is 12.2. The fourth-order valence-electron chi connectivity index (χ4n) is 1.50. The minimum Gasteiger partial charge on any atom is -0.452 e. The molecule has 1 aliphatic rings. The zero-order valence-electron chi connectivity index (χ0n) is 8.21. The Morgan fingerprint density at radius 3 is 2.65 bits per heavy atom. The number of ether oxygens (including phenoxy) is 1. The topological polar surface area (TPSA) is 46.5 Å². The molecule has 0 bridgehead atoms. The lowest BCUT2D eigenvalue weighted by Gasteiger charge is -2.34. The summed E-state index contributed by atoms with van der Waals surface area (Å²) in [5.74, 6) is -4.66. The van der Waals surface area contributed by atoms with Crippen LogP contribution in [0.25, 0.3) is 0 Å². The average Bonchev–Trinajstić information content (AvgIpc) is 2.17. The van der Waals surface area contributed by atoms with E-state index in [1.165, 1.54) is 12.1 Å². The second-order valence-electron chi connectivity index (χ2n) is 3.62. The Hall–Kier alpha value is -1.27. The fraction of sp³-hybridized carbons (Fsp3) is 0.300. The van der Waals surface area contributed by atoms with Crippen LogP contribution in [0.4, 0.5) is 13.2 Å². The van der Waals surface area contributed by atoms with E-state index in [1.54, 1.807) is 0 Å². The minimum absolute atomic E-state index is 0.0635. The number of ketones is 1. The number of carbonyl (C=O) groups excluding carboxylic acids is 1. The average molecular weight is 267 g/mol. The van der Waals surface area contributed by atoms with Gasteiger partial charge in [0.05, 0.1) is 12.0 Å². The van der Waals surface area contributed by atoms with Crippen molar-refractivity contribution in [3.63, 3.8) is 0 Å². The molecule has 0 aliphatic carbocycles. The maximum Gasteiger partial charge on any atom is 0.455 e. The van der Waals surface area contributed by atoms with Gasteiger partial charge in [0.25, 0.3) is 0 Å². The molecule has 0 amide bonds. The molecule has 0 saturated heterocycles. The molecule has 1 heterocycles. The van der Waals surface area contributed by atoms with Gasteiger partial charge >= 0.3 is 12.0 Å². The third-order valence-corrected chi connectivity index (χ3v) is 2.60. The summed E-state index contributed by atoms with van der Waals surface area (Å²) in [6, 6.07) is 3.59. The van der Waals surface area contributed by atoms with E-state index in [0.29, 0.717) is 0 Å². The lowest BCUT2D eigenvalue weighted by molar-refractivity contribution is -0.334. The van der Waals surface area contributed by atoms with E-state index >= 15 is 0 Å². The van der Waals surface area contributed by atoms with E-state index in [1.807, 2.05) is 0 Å². The normalized spacial score (nSPS) is 24.2. The highest BCUT2D eigenvalue weighted by molar-refractivity contribution is 6.31. The molecule has 1 atom stereocenters. The Morgan fingerprint density at radius 2 is 2.06 bits per heavy atom. The molecule has 92 valence electrons. The first-order chi connectivity index (χ1) is 7.73. The van der Waals surface area contributed by atoms with Gasteiger partial charge in [-0.2, -0.15) is 13.2 Å². The van der Waals surface area contributed by atoms with E-state index < -0.39 is 24.2 Å². The van der Waals surface area contributed by atoms with Gasteiger partial charge in [-0.15, -0.1) is 0 Å². The van der Waals surface area contributed by atoms with Crippen LogP contribution >= 0.6 is 11.6 Å². The molecule has 0 radical (unpaired) electrons. The van der Waals surface area contributed by atoms with Crippen LogP contribution in [0.15, 0.2) is 18.2 Å². The summed E-state index contributed by atoms with van der Waals surface area (Å²) in [4.78, 5) is 11.5. The Bertz CT molecular complexity index is 486. The molecule has 3 nitrogen and oxygen atoms in total. The molecule has 1 N–H and O–H groups in total. The number of aliphatic hydroxyl groups is 1. The first-order valence-corrected chi connectivity index (χ1v) is 4.92. The van der Waals surface area contributed by atoms with Crippen LogP contribution in [-0.2, 0) is 0 Å². The lowest BCUT2D eigenvalue weighted by Crippen LogP contribution is -2.53. The van der Waals surface area contributed by atoms with Gasteiger partial charge < -0.3 is 9.84 Å². The number of halogens is 4. The predicted octanol–water partition coefficient (Wildman–Crippen LogP) is 2.56. The number of hydrogen-bond donors (Lipinski definition) is 1. The van der Waals surface area contributed by atoms with Crippen LogP contribution in [0.1, 0.15) is 16.8 Å². The summed E-state index contributed by atoms with van der Waals surface area (Å²) in [5, 5.41) is 9.50. The Labute approximate surface area is 98.8 Å². The Kier molecular flexibility index (Phi) is 2.59. The lowest BCUT2D eigenvalue weighted by atomic mass is 9.98. The van der Waals surface area contributed by atoms with Gasteiger partial charge in [0, 0.05) is 5.02 Å². The predicted molar refractivity (Wildman–Crippen MR) is 52.0 cm³/mol. The van der Waals surface area contributed by atoms with Gasteiger partial charge in [0.2, 0.25) is 0 Å². The van der Waals surface area contributed by atoms with Gasteiger partial charge in [-0.05, 0) is 18.2 Å². The van der Waals surface area contributed by atoms with Crippen molar-refractivity contribution in [2.45, 2.75) is 18.4 Å². The van der Waals surface area contributed by atoms with Crippen LogP contribution in [-0.4, -0.2) is 22.9 Å². The number of hydrogen-bond acceptors (Lipinski definition) is 3. The zero-order valence-corrected chi connectivity index (χ0v) is 8.97. The Balaban J connectivity index is 2.47. The molecule has 0 unspecified atom stereocenters. The summed E-state index contributed by atoms with van der Waals surface area (Å²) >= 11 is 5.61. The SMILES string of the molecule is O=C1C[C@](O)(C(F)(F)F)Oc2ccc(Cl)cc21. The highest BCUT2D eigenvalue weighted by Gasteiger charge is 2.59. The highest BCUT2D eigenvalue weighted by Crippen LogP contribution is 2.41. The molecule has 1 aromatic carbocycles. The van der Waals surface area contributed by atoms with Crippen LogP contribution in [0.3, 0.4) is 0 Å². The smallest absolute Gasteiger partial charge is 0.452 e. The van der Waals surface area contributed by atoms with Gasteiger partial charge in [-0.25, -0.2) is 0 Å². The second-order valence-corrected chi connectivity index (χ2v) is 4.06. The van der Waals surface area contributed by atoms with Crippen LogP contribution in [0, 0.1) is 0 Å². The van der Waals surface area contributed by atoms with E-state index in [4.69, 9.17) is 11.6 Å². The van der Waals surface area contributed by atoms with Crippen molar-refractivity contribution in [3.8, 4) is 5.75 Å². The molecule has 0 aromatic heterocycles. The van der Waals surface area contributed by atoms with Crippen molar-refractivity contribution in [1.29, 1.82) is 0 Å². The number of carbonyl (C=O) groups is 1. The summed E-state index contributed by atoms with van der Waals surface area (Å²) in [7, 11) is 0. The molecule has 0 saturated carbocycles. The second kappa shape index (κ2) is 3.61. The van der Waals surface area contributed by atoms with Crippen molar-refractivity contribution in [1.82, 2.24) is 0 Å². The van der Waals surface area contributed by atoms with Crippen molar-refractivity contribution in [2.75, 3.05) is 0 Å². The van der Waals surface area contributed by atoms with Gasteiger partial charge in [-0.1, -0.05) is 11.6 Å². The van der Waals surface area contributed by atoms with Crippen molar-refractivity contribution in [3.05, 3.63) is 28.8 Å². The number of alkyl halides is 3. The minimum atomic E-state index is -5.04. The molecule has 1 aliphatic heterocycles. The van der Waals surface area contributed by atoms with Crippen LogP contribution < -0.4 is 4.74 Å². The fourth-order valence-corrected chi connectivity index (χ4v) is 1.67. The first-order valence-electron chi connectivity index (χ1n) is 4.54. The zero-order chi connectivity index (χ0) is 12.8. The number of fused-ring (bicyclic) bond motifs is 1. The molecule has 0 fully saturated rings. The van der Waals surface area contributed by atoms with Gasteiger partial charge in [-0.3, -0.25) is 4.79 Å². The molecule has 17 heavy (non-hydrogen) atoms. The maximum absolute atomic E-state index is 12.5. The van der Waals surface area contributed by atoms with E-state index in [0.717, 1.165) is 6.07 Å². The third-order valence-electron chi connectivity index (χ3n) is 2.36. The Morgan fingerprint density at radius 1 is 1.41 bits per heavy atom. The summed E-state index contributed by atoms with van der Waals surface area (Å²) in [5.41, 5.74) is -0.0635. The number of rotatable bonds is 0. The van der Waals surface area contributed by atoms with Crippen LogP contribution in [0.2, 0.25) is 5.02 Å². The molecule has 1 aromatic rings. The van der Waals surface area contributed by atoms with Gasteiger partial charge in [0.15, 0.2) is 5.78 Å². The standard InChI is InChI=1S/C10H6ClF3O3/c11-5-1-2-8-6(3-5)7(15)4-9(16,17-8)10(12,13)14/h1-3,16H,4H2/t9-/m1/s1. The maximum atomic E-state index is 12.5. The van der Waals surface area contributed by atoms with Crippen molar-refractivity contribution in [2.24, 2.45) is 0 Å². The number of Topliss-reactive ketones (excluding diaryl/α,β-unsaturated/α-hetero) is 1. The van der Waals surface area contributed by atoms with Crippen LogP contribution in [0.5, 0.6) is 5.75 Å². The summed E-state index contributed by atoms with van der Waals surface area (Å²) in [6.45, 7) is 0. The molecule has 0 spiro atoms. The third kappa shape index (κ3) is 1.98. The van der Waals surface area contributed by atoms with E-state index in [-0.39, 0.29) is 16.3 Å². The van der Waals surface area contributed by atoms with E-state index in [2.05, 4.69) is 4.74 Å². The molecule has 7 heteroatoms. The van der Waals surface area contributed by atoms with Crippen molar-refractivity contribution < 1.29 is 27.8 Å². The molecular formula is C10H6ClF3O3. The van der Waals surface area contributed by atoms with Gasteiger partial charge in [0.1, 0.15) is 5.75 Å². The summed E-state index contributed by atoms with van der Waals surface area (Å²) < 4.78 is 42.0. The monoisotopic (exact) mass is 266 g/mol. The number of benzene rings is 1. The molecule has 2 rings (SSSR count). The van der Waals surface area contributed by atoms with Crippen molar-refractivity contribution >= 4 is 17.4 Å². The summed E-state index contributed by atoms with van der Waals surface area (Å²) in [6.07, 6.45) is -6.22.